The van der Waals surface area contributed by atoms with Crippen molar-refractivity contribution in [2.24, 2.45) is 0 Å². The van der Waals surface area contributed by atoms with E-state index in [0.717, 1.165) is 5.75 Å². The summed E-state index contributed by atoms with van der Waals surface area (Å²) in [6, 6.07) is 13.7. The van der Waals surface area contributed by atoms with E-state index < -0.39 is 5.91 Å². The summed E-state index contributed by atoms with van der Waals surface area (Å²) >= 11 is 0. The highest BCUT2D eigenvalue weighted by molar-refractivity contribution is 5.93. The molecule has 0 saturated carbocycles. The molecular weight excluding hydrogens is 440 g/mol. The fraction of sp³-hybridized carbons (Fsp3) is 0.280. The van der Waals surface area contributed by atoms with E-state index in [9.17, 15) is 9.59 Å². The van der Waals surface area contributed by atoms with Crippen molar-refractivity contribution in [3.8, 4) is 28.7 Å². The average Bonchev–Trinajstić information content (AvgIpc) is 2.85. The second kappa shape index (κ2) is 11.6. The third kappa shape index (κ3) is 6.22. The van der Waals surface area contributed by atoms with Crippen molar-refractivity contribution < 1.29 is 28.5 Å². The highest BCUT2D eigenvalue weighted by atomic mass is 16.5. The average molecular weight is 469 g/mol. The zero-order chi connectivity index (χ0) is 24.5. The van der Waals surface area contributed by atoms with Crippen LogP contribution >= 0.6 is 0 Å². The number of anilines is 1. The molecule has 180 valence electrons. The number of aromatic nitrogens is 1. The predicted octanol–water partition coefficient (Wildman–Crippen LogP) is 3.28. The zero-order valence-electron chi connectivity index (χ0n) is 19.6. The maximum Gasteiger partial charge on any atom is 0.262 e. The van der Waals surface area contributed by atoms with E-state index in [4.69, 9.17) is 23.7 Å². The summed E-state index contributed by atoms with van der Waals surface area (Å²) in [5.74, 6) is 2.17. The van der Waals surface area contributed by atoms with E-state index >= 15 is 0 Å². The number of nitrogens with one attached hydrogen (secondary N) is 1. The molecule has 1 N–H and O–H groups in total. The lowest BCUT2D eigenvalue weighted by Gasteiger charge is -2.16. The van der Waals surface area contributed by atoms with Crippen LogP contribution in [0.25, 0.3) is 0 Å². The summed E-state index contributed by atoms with van der Waals surface area (Å²) in [5.41, 5.74) is 0.725. The summed E-state index contributed by atoms with van der Waals surface area (Å²) < 4.78 is 28.8. The molecule has 0 aliphatic heterocycles. The lowest BCUT2D eigenvalue weighted by atomic mass is 10.2. The first-order chi connectivity index (χ1) is 16.4. The lowest BCUT2D eigenvalue weighted by Crippen LogP contribution is -2.24. The normalized spacial score (nSPS) is 10.4. The number of pyridine rings is 1. The van der Waals surface area contributed by atoms with Gasteiger partial charge in [0.15, 0.2) is 12.4 Å². The smallest absolute Gasteiger partial charge is 0.262 e. The van der Waals surface area contributed by atoms with E-state index in [-0.39, 0.29) is 17.8 Å². The molecule has 34 heavy (non-hydrogen) atoms. The number of methoxy groups -OCH3 is 3. The minimum Gasteiger partial charge on any atom is -0.497 e. The molecule has 0 saturated heterocycles. The topological polar surface area (TPSA) is 97.2 Å². The van der Waals surface area contributed by atoms with Crippen molar-refractivity contribution >= 4 is 11.6 Å². The molecule has 2 aromatic carbocycles. The molecule has 0 fully saturated rings. The quantitative estimate of drug-likeness (QED) is 0.461. The van der Waals surface area contributed by atoms with Gasteiger partial charge >= 0.3 is 0 Å². The molecular formula is C25H28N2O7. The third-order valence-corrected chi connectivity index (χ3v) is 5.08. The Bertz CT molecular complexity index is 1170. The molecule has 3 aromatic rings. The molecule has 0 atom stereocenters. The van der Waals surface area contributed by atoms with E-state index in [1.165, 1.54) is 20.3 Å². The molecule has 0 aliphatic carbocycles. The van der Waals surface area contributed by atoms with Gasteiger partial charge in [-0.2, -0.15) is 0 Å². The maximum absolute atomic E-state index is 12.5. The first-order valence-electron chi connectivity index (χ1n) is 10.6. The molecule has 0 spiro atoms. The van der Waals surface area contributed by atoms with Gasteiger partial charge in [-0.25, -0.2) is 0 Å². The number of hydrogen-bond acceptors (Lipinski definition) is 7. The highest BCUT2D eigenvalue weighted by Gasteiger charge is 2.13. The Morgan fingerprint density at radius 1 is 0.882 bits per heavy atom. The van der Waals surface area contributed by atoms with E-state index in [0.29, 0.717) is 41.8 Å². The lowest BCUT2D eigenvalue weighted by molar-refractivity contribution is -0.118. The summed E-state index contributed by atoms with van der Waals surface area (Å²) in [6.45, 7) is 2.28. The van der Waals surface area contributed by atoms with Crippen molar-refractivity contribution in [1.82, 2.24) is 4.57 Å². The van der Waals surface area contributed by atoms with Crippen molar-refractivity contribution in [1.29, 1.82) is 0 Å². The summed E-state index contributed by atoms with van der Waals surface area (Å²) in [6.07, 6.45) is 1.67. The predicted molar refractivity (Wildman–Crippen MR) is 128 cm³/mol. The molecule has 3 rings (SSSR count). The SMILES string of the molecule is COc1ccc(OCCn2ccc(=O)c(OCC(=O)Nc3cc(OC)ccc3OC)c2C)cc1. The van der Waals surface area contributed by atoms with Crippen molar-refractivity contribution in [3.63, 3.8) is 0 Å². The molecule has 0 aliphatic rings. The molecule has 0 bridgehead atoms. The van der Waals surface area contributed by atoms with Crippen molar-refractivity contribution in [3.05, 3.63) is 70.6 Å². The second-order valence-corrected chi connectivity index (χ2v) is 7.21. The largest absolute Gasteiger partial charge is 0.497 e. The highest BCUT2D eigenvalue weighted by Crippen LogP contribution is 2.28. The van der Waals surface area contributed by atoms with Gasteiger partial charge in [0.25, 0.3) is 5.91 Å². The summed E-state index contributed by atoms with van der Waals surface area (Å²) in [4.78, 5) is 24.8. The molecule has 1 amide bonds. The van der Waals surface area contributed by atoms with Crippen LogP contribution in [0.2, 0.25) is 0 Å². The minimum atomic E-state index is -0.441. The van der Waals surface area contributed by atoms with Gasteiger partial charge in [-0.1, -0.05) is 0 Å². The minimum absolute atomic E-state index is 0.111. The van der Waals surface area contributed by atoms with Crippen LogP contribution in [0.1, 0.15) is 5.69 Å². The van der Waals surface area contributed by atoms with Gasteiger partial charge < -0.3 is 33.6 Å². The van der Waals surface area contributed by atoms with E-state index in [1.807, 2.05) is 28.8 Å². The number of hydrogen-bond donors (Lipinski definition) is 1. The van der Waals surface area contributed by atoms with Crippen LogP contribution in [0, 0.1) is 6.92 Å². The van der Waals surface area contributed by atoms with Crippen LogP contribution in [-0.2, 0) is 11.3 Å². The van der Waals surface area contributed by atoms with Crippen LogP contribution in [0.3, 0.4) is 0 Å². The van der Waals surface area contributed by atoms with E-state index in [1.54, 1.807) is 38.4 Å². The van der Waals surface area contributed by atoms with Gasteiger partial charge in [0, 0.05) is 18.3 Å². The number of ether oxygens (including phenoxy) is 5. The first kappa shape index (κ1) is 24.5. The van der Waals surface area contributed by atoms with Crippen LogP contribution in [-0.4, -0.2) is 45.0 Å². The molecule has 9 nitrogen and oxygen atoms in total. The van der Waals surface area contributed by atoms with Gasteiger partial charge in [0.1, 0.15) is 29.6 Å². The van der Waals surface area contributed by atoms with Crippen LogP contribution < -0.4 is 34.4 Å². The Hall–Kier alpha value is -4.14. The molecule has 0 radical (unpaired) electrons. The number of amides is 1. The van der Waals surface area contributed by atoms with Crippen LogP contribution in [0.4, 0.5) is 5.69 Å². The zero-order valence-corrected chi connectivity index (χ0v) is 19.6. The number of rotatable bonds is 11. The van der Waals surface area contributed by atoms with E-state index in [2.05, 4.69) is 5.32 Å². The summed E-state index contributed by atoms with van der Waals surface area (Å²) in [5, 5.41) is 2.71. The van der Waals surface area contributed by atoms with Gasteiger partial charge in [0.05, 0.1) is 39.3 Å². The maximum atomic E-state index is 12.5. The van der Waals surface area contributed by atoms with Gasteiger partial charge in [-0.05, 0) is 43.3 Å². The van der Waals surface area contributed by atoms with Crippen molar-refractivity contribution in [2.75, 3.05) is 39.9 Å². The Morgan fingerprint density at radius 3 is 2.24 bits per heavy atom. The summed E-state index contributed by atoms with van der Waals surface area (Å²) in [7, 11) is 4.64. The Kier molecular flexibility index (Phi) is 8.39. The Morgan fingerprint density at radius 2 is 1.56 bits per heavy atom. The molecule has 9 heteroatoms. The van der Waals surface area contributed by atoms with Crippen LogP contribution in [0.5, 0.6) is 28.7 Å². The molecule has 0 unspecified atom stereocenters. The van der Waals surface area contributed by atoms with Crippen LogP contribution in [0.15, 0.2) is 59.5 Å². The molecule has 1 heterocycles. The standard InChI is InChI=1S/C25H28N2O7/c1-17-25(34-16-24(29)26-21-15-20(31-3)9-10-23(21)32-4)22(28)11-12-27(17)13-14-33-19-7-5-18(30-2)6-8-19/h5-12,15H,13-14,16H2,1-4H3,(H,26,29). The monoisotopic (exact) mass is 468 g/mol. The number of carbonyl (C=O) groups is 1. The fourth-order valence-corrected chi connectivity index (χ4v) is 3.24. The first-order valence-corrected chi connectivity index (χ1v) is 10.6. The number of carbonyl (C=O) groups excluding carboxylic acids is 1. The third-order valence-electron chi connectivity index (χ3n) is 5.08. The number of nitrogens with zero attached hydrogens (tertiary/aromatic N) is 1. The van der Waals surface area contributed by atoms with Gasteiger partial charge in [-0.15, -0.1) is 0 Å². The van der Waals surface area contributed by atoms with Crippen molar-refractivity contribution in [2.45, 2.75) is 13.5 Å². The molecule has 1 aromatic heterocycles. The van der Waals surface area contributed by atoms with Gasteiger partial charge in [-0.3, -0.25) is 9.59 Å². The van der Waals surface area contributed by atoms with Gasteiger partial charge in [0.2, 0.25) is 5.43 Å². The number of benzene rings is 2. The Balaban J connectivity index is 1.61. The Labute approximate surface area is 197 Å². The fourth-order valence-electron chi connectivity index (χ4n) is 3.24. The second-order valence-electron chi connectivity index (χ2n) is 7.21.